The van der Waals surface area contributed by atoms with Crippen molar-refractivity contribution in [2.24, 2.45) is 0 Å². The summed E-state index contributed by atoms with van der Waals surface area (Å²) in [6, 6.07) is 6.28. The Morgan fingerprint density at radius 1 is 1.14 bits per heavy atom. The number of hydrogen-bond donors (Lipinski definition) is 2. The quantitative estimate of drug-likeness (QED) is 0.818. The van der Waals surface area contributed by atoms with Crippen LogP contribution in [0.15, 0.2) is 18.2 Å². The summed E-state index contributed by atoms with van der Waals surface area (Å²) in [5.41, 5.74) is 2.68. The van der Waals surface area contributed by atoms with E-state index in [0.717, 1.165) is 24.2 Å². The number of ketones is 1. The lowest BCUT2D eigenvalue weighted by Gasteiger charge is -2.32. The van der Waals surface area contributed by atoms with Crippen molar-refractivity contribution in [1.82, 2.24) is 10.6 Å². The Morgan fingerprint density at radius 2 is 1.86 bits per heavy atom. The molecule has 4 heteroatoms. The van der Waals surface area contributed by atoms with Crippen LogP contribution in [0.4, 0.5) is 0 Å². The lowest BCUT2D eigenvalue weighted by Crippen LogP contribution is -2.53. The molecular weight excluding hydrogens is 276 g/mol. The summed E-state index contributed by atoms with van der Waals surface area (Å²) in [5, 5.41) is 6.28. The predicted octanol–water partition coefficient (Wildman–Crippen LogP) is 1.78. The minimum atomic E-state index is -0.630. The number of amides is 1. The molecule has 3 fully saturated rings. The first-order chi connectivity index (χ1) is 10.6. The Bertz CT molecular complexity index is 642. The summed E-state index contributed by atoms with van der Waals surface area (Å²) in [4.78, 5) is 25.5. The number of carbonyl (C=O) groups is 2. The standard InChI is InChI=1S/C18H22N2O2/c1-11-10-13(12-2-3-12)4-5-14(11)15-16(21)18(20-17(15)22)6-8-19-9-7-18/h4-5,10,12,15,19H,2-3,6-9H2,1H3,(H,20,22). The van der Waals surface area contributed by atoms with E-state index in [1.807, 2.05) is 13.0 Å². The van der Waals surface area contributed by atoms with Gasteiger partial charge in [0.15, 0.2) is 5.78 Å². The molecule has 0 bridgehead atoms. The maximum atomic E-state index is 13.0. The molecule has 4 rings (SSSR count). The van der Waals surface area contributed by atoms with Crippen molar-refractivity contribution in [2.45, 2.75) is 50.0 Å². The maximum Gasteiger partial charge on any atom is 0.235 e. The molecule has 2 N–H and O–H groups in total. The van der Waals surface area contributed by atoms with Gasteiger partial charge in [0.05, 0.1) is 0 Å². The van der Waals surface area contributed by atoms with Crippen molar-refractivity contribution in [3.63, 3.8) is 0 Å². The molecule has 0 aromatic heterocycles. The van der Waals surface area contributed by atoms with Gasteiger partial charge in [-0.2, -0.15) is 0 Å². The van der Waals surface area contributed by atoms with Gasteiger partial charge < -0.3 is 10.6 Å². The Morgan fingerprint density at radius 3 is 2.50 bits per heavy atom. The third kappa shape index (κ3) is 2.09. The van der Waals surface area contributed by atoms with Crippen LogP contribution < -0.4 is 10.6 Å². The largest absolute Gasteiger partial charge is 0.343 e. The molecular formula is C18H22N2O2. The second-order valence-electron chi connectivity index (χ2n) is 7.01. The Hall–Kier alpha value is -1.68. The van der Waals surface area contributed by atoms with Crippen LogP contribution in [0.1, 0.15) is 54.2 Å². The fraction of sp³-hybridized carbons (Fsp3) is 0.556. The van der Waals surface area contributed by atoms with Crippen LogP contribution in [-0.4, -0.2) is 30.3 Å². The zero-order chi connectivity index (χ0) is 15.3. The minimum Gasteiger partial charge on any atom is -0.343 e. The topological polar surface area (TPSA) is 58.2 Å². The summed E-state index contributed by atoms with van der Waals surface area (Å²) in [7, 11) is 0. The van der Waals surface area contributed by atoms with Crippen molar-refractivity contribution >= 4 is 11.7 Å². The van der Waals surface area contributed by atoms with Crippen molar-refractivity contribution in [1.29, 1.82) is 0 Å². The van der Waals surface area contributed by atoms with Gasteiger partial charge in [0.1, 0.15) is 11.5 Å². The summed E-state index contributed by atoms with van der Waals surface area (Å²) in [6.45, 7) is 3.60. The van der Waals surface area contributed by atoms with E-state index in [9.17, 15) is 9.59 Å². The smallest absolute Gasteiger partial charge is 0.235 e. The van der Waals surface area contributed by atoms with E-state index in [2.05, 4.69) is 22.8 Å². The average Bonchev–Trinajstić information content (AvgIpc) is 3.31. The first-order valence-electron chi connectivity index (χ1n) is 8.28. The average molecular weight is 298 g/mol. The van der Waals surface area contributed by atoms with E-state index in [0.29, 0.717) is 18.8 Å². The van der Waals surface area contributed by atoms with Crippen LogP contribution in [0.2, 0.25) is 0 Å². The van der Waals surface area contributed by atoms with E-state index < -0.39 is 11.5 Å². The number of aryl methyl sites for hydroxylation is 1. The summed E-state index contributed by atoms with van der Waals surface area (Å²) in [6.07, 6.45) is 3.93. The van der Waals surface area contributed by atoms with Crippen molar-refractivity contribution in [2.75, 3.05) is 13.1 Å². The number of carbonyl (C=O) groups excluding carboxylic acids is 2. The number of benzene rings is 1. The summed E-state index contributed by atoms with van der Waals surface area (Å²) < 4.78 is 0. The monoisotopic (exact) mass is 298 g/mol. The molecule has 1 amide bonds. The van der Waals surface area contributed by atoms with Crippen molar-refractivity contribution < 1.29 is 9.59 Å². The molecule has 1 aliphatic carbocycles. The van der Waals surface area contributed by atoms with Crippen LogP contribution in [0, 0.1) is 6.92 Å². The molecule has 116 valence electrons. The van der Waals surface area contributed by atoms with Gasteiger partial charge in [-0.05, 0) is 68.3 Å². The zero-order valence-electron chi connectivity index (χ0n) is 12.9. The molecule has 1 aromatic carbocycles. The molecule has 4 nitrogen and oxygen atoms in total. The third-order valence-electron chi connectivity index (χ3n) is 5.47. The van der Waals surface area contributed by atoms with Gasteiger partial charge in [0.25, 0.3) is 0 Å². The molecule has 0 radical (unpaired) electrons. The van der Waals surface area contributed by atoms with Crippen molar-refractivity contribution in [3.05, 3.63) is 34.9 Å². The van der Waals surface area contributed by atoms with Gasteiger partial charge in [0, 0.05) is 0 Å². The molecule has 22 heavy (non-hydrogen) atoms. The number of nitrogens with one attached hydrogen (secondary N) is 2. The van der Waals surface area contributed by atoms with Crippen LogP contribution >= 0.6 is 0 Å². The van der Waals surface area contributed by atoms with Gasteiger partial charge in [-0.15, -0.1) is 0 Å². The highest BCUT2D eigenvalue weighted by Crippen LogP contribution is 2.42. The number of rotatable bonds is 2. The van der Waals surface area contributed by atoms with E-state index in [4.69, 9.17) is 0 Å². The molecule has 1 unspecified atom stereocenters. The minimum absolute atomic E-state index is 0.0706. The lowest BCUT2D eigenvalue weighted by atomic mass is 9.80. The number of piperidine rings is 1. The van der Waals surface area contributed by atoms with Gasteiger partial charge >= 0.3 is 0 Å². The molecule has 1 spiro atoms. The predicted molar refractivity (Wildman–Crippen MR) is 83.9 cm³/mol. The fourth-order valence-corrected chi connectivity index (χ4v) is 3.97. The Balaban J connectivity index is 1.67. The van der Waals surface area contributed by atoms with Crippen LogP contribution in [0.5, 0.6) is 0 Å². The van der Waals surface area contributed by atoms with E-state index in [1.165, 1.54) is 18.4 Å². The van der Waals surface area contributed by atoms with Gasteiger partial charge in [0.2, 0.25) is 5.91 Å². The molecule has 2 heterocycles. The molecule has 1 atom stereocenters. The summed E-state index contributed by atoms with van der Waals surface area (Å²) in [5.74, 6) is 0.0263. The second-order valence-corrected chi connectivity index (χ2v) is 7.01. The molecule has 2 aliphatic heterocycles. The molecule has 1 aromatic rings. The molecule has 1 saturated carbocycles. The van der Waals surface area contributed by atoms with E-state index in [1.54, 1.807) is 0 Å². The normalized spacial score (nSPS) is 27.2. The third-order valence-corrected chi connectivity index (χ3v) is 5.47. The lowest BCUT2D eigenvalue weighted by molar-refractivity contribution is -0.125. The second kappa shape index (κ2) is 4.92. The van der Waals surface area contributed by atoms with Crippen molar-refractivity contribution in [3.8, 4) is 0 Å². The van der Waals surface area contributed by atoms with E-state index in [-0.39, 0.29) is 11.7 Å². The number of hydrogen-bond acceptors (Lipinski definition) is 3. The highest BCUT2D eigenvalue weighted by atomic mass is 16.2. The Labute approximate surface area is 130 Å². The van der Waals surface area contributed by atoms with E-state index >= 15 is 0 Å². The Kier molecular flexibility index (Phi) is 3.12. The van der Waals surface area contributed by atoms with Gasteiger partial charge in [-0.1, -0.05) is 18.2 Å². The zero-order valence-corrected chi connectivity index (χ0v) is 12.9. The van der Waals surface area contributed by atoms with Crippen LogP contribution in [-0.2, 0) is 9.59 Å². The highest BCUT2D eigenvalue weighted by molar-refractivity contribution is 6.17. The van der Waals surface area contributed by atoms with Gasteiger partial charge in [-0.25, -0.2) is 0 Å². The first kappa shape index (κ1) is 13.9. The fourth-order valence-electron chi connectivity index (χ4n) is 3.97. The SMILES string of the molecule is Cc1cc(C2CC2)ccc1C1C(=O)NC2(CCNCC2)C1=O. The van der Waals surface area contributed by atoms with Gasteiger partial charge in [-0.3, -0.25) is 9.59 Å². The summed E-state index contributed by atoms with van der Waals surface area (Å²) >= 11 is 0. The molecule has 2 saturated heterocycles. The number of Topliss-reactive ketones (excluding diaryl/α,β-unsaturated/α-hetero) is 1. The van der Waals surface area contributed by atoms with Crippen LogP contribution in [0.25, 0.3) is 0 Å². The van der Waals surface area contributed by atoms with Crippen LogP contribution in [0.3, 0.4) is 0 Å². The maximum absolute atomic E-state index is 13.0. The highest BCUT2D eigenvalue weighted by Gasteiger charge is 2.53. The molecule has 3 aliphatic rings. The first-order valence-corrected chi connectivity index (χ1v) is 8.28.